The monoisotopic (exact) mass is 190 g/mol. The summed E-state index contributed by atoms with van der Waals surface area (Å²) in [5.74, 6) is -0.233. The zero-order valence-electron chi connectivity index (χ0n) is 7.77. The number of amides is 1. The zero-order chi connectivity index (χ0) is 10.6. The van der Waals surface area contributed by atoms with Crippen molar-refractivity contribution in [2.75, 3.05) is 13.6 Å². The van der Waals surface area contributed by atoms with Gasteiger partial charge in [0.15, 0.2) is 0 Å². The molecule has 4 heteroatoms. The van der Waals surface area contributed by atoms with Gasteiger partial charge in [-0.1, -0.05) is 6.07 Å². The van der Waals surface area contributed by atoms with Gasteiger partial charge in [-0.25, -0.2) is 0 Å². The highest BCUT2D eigenvalue weighted by molar-refractivity contribution is 5.94. The normalized spacial score (nSPS) is 9.14. The van der Waals surface area contributed by atoms with Crippen molar-refractivity contribution in [1.29, 1.82) is 5.26 Å². The average molecular weight is 190 g/mol. The van der Waals surface area contributed by atoms with Gasteiger partial charge in [-0.3, -0.25) is 4.79 Å². The molecule has 1 aromatic rings. The zero-order valence-corrected chi connectivity index (χ0v) is 7.77. The Morgan fingerprint density at radius 3 is 2.93 bits per heavy atom. The predicted molar refractivity (Wildman–Crippen MR) is 50.7 cm³/mol. The van der Waals surface area contributed by atoms with Crippen LogP contribution in [0.25, 0.3) is 0 Å². The number of hydrogen-bond acceptors (Lipinski definition) is 3. The third-order valence-corrected chi connectivity index (χ3v) is 1.75. The SMILES string of the molecule is CN(CC#N)C(=O)c1cccc(O)c1. The van der Waals surface area contributed by atoms with Crippen LogP contribution in [0.15, 0.2) is 24.3 Å². The van der Waals surface area contributed by atoms with Gasteiger partial charge in [0.1, 0.15) is 12.3 Å². The first kappa shape index (κ1) is 10.1. The Morgan fingerprint density at radius 2 is 2.36 bits per heavy atom. The quantitative estimate of drug-likeness (QED) is 0.707. The summed E-state index contributed by atoms with van der Waals surface area (Å²) < 4.78 is 0. The Kier molecular flexibility index (Phi) is 3.08. The molecule has 0 atom stereocenters. The van der Waals surface area contributed by atoms with Crippen molar-refractivity contribution in [3.63, 3.8) is 0 Å². The van der Waals surface area contributed by atoms with Crippen LogP contribution in [0.2, 0.25) is 0 Å². The molecule has 0 saturated carbocycles. The van der Waals surface area contributed by atoms with Gasteiger partial charge in [-0.05, 0) is 18.2 Å². The molecule has 1 N–H and O–H groups in total. The fourth-order valence-electron chi connectivity index (χ4n) is 1.04. The summed E-state index contributed by atoms with van der Waals surface area (Å²) >= 11 is 0. The van der Waals surface area contributed by atoms with Crippen LogP contribution < -0.4 is 0 Å². The molecule has 72 valence electrons. The van der Waals surface area contributed by atoms with E-state index in [1.165, 1.54) is 24.1 Å². The number of aromatic hydroxyl groups is 1. The van der Waals surface area contributed by atoms with Gasteiger partial charge < -0.3 is 10.0 Å². The number of nitrogens with zero attached hydrogens (tertiary/aromatic N) is 2. The predicted octanol–water partition coefficient (Wildman–Crippen LogP) is 0.988. The van der Waals surface area contributed by atoms with E-state index in [0.717, 1.165) is 0 Å². The van der Waals surface area contributed by atoms with Gasteiger partial charge in [-0.2, -0.15) is 5.26 Å². The molecule has 0 radical (unpaired) electrons. The van der Waals surface area contributed by atoms with Gasteiger partial charge in [0.05, 0.1) is 6.07 Å². The van der Waals surface area contributed by atoms with E-state index in [2.05, 4.69) is 0 Å². The third-order valence-electron chi connectivity index (χ3n) is 1.75. The Labute approximate surface area is 82.0 Å². The van der Waals surface area contributed by atoms with Crippen LogP contribution in [-0.4, -0.2) is 29.5 Å². The van der Waals surface area contributed by atoms with Gasteiger partial charge >= 0.3 is 0 Å². The van der Waals surface area contributed by atoms with Gasteiger partial charge in [0.2, 0.25) is 0 Å². The van der Waals surface area contributed by atoms with Crippen LogP contribution in [0.3, 0.4) is 0 Å². The van der Waals surface area contributed by atoms with Crippen LogP contribution in [-0.2, 0) is 0 Å². The largest absolute Gasteiger partial charge is 0.508 e. The topological polar surface area (TPSA) is 64.3 Å². The van der Waals surface area contributed by atoms with Crippen LogP contribution in [0, 0.1) is 11.3 Å². The number of carbonyl (C=O) groups excluding carboxylic acids is 1. The van der Waals surface area contributed by atoms with E-state index in [0.29, 0.717) is 5.56 Å². The van der Waals surface area contributed by atoms with E-state index in [9.17, 15) is 4.79 Å². The number of nitriles is 1. The maximum atomic E-state index is 11.6. The lowest BCUT2D eigenvalue weighted by Gasteiger charge is -2.12. The number of hydrogen-bond donors (Lipinski definition) is 1. The van der Waals surface area contributed by atoms with E-state index < -0.39 is 0 Å². The second kappa shape index (κ2) is 4.28. The Morgan fingerprint density at radius 1 is 1.64 bits per heavy atom. The summed E-state index contributed by atoms with van der Waals surface area (Å²) in [6, 6.07) is 7.91. The summed E-state index contributed by atoms with van der Waals surface area (Å²) in [5, 5.41) is 17.5. The molecule has 0 heterocycles. The summed E-state index contributed by atoms with van der Waals surface area (Å²) in [4.78, 5) is 12.8. The Bertz CT molecular complexity index is 382. The minimum absolute atomic E-state index is 0.0362. The van der Waals surface area contributed by atoms with E-state index in [4.69, 9.17) is 10.4 Å². The summed E-state index contributed by atoms with van der Waals surface area (Å²) in [5.41, 5.74) is 0.378. The first-order chi connectivity index (χ1) is 6.65. The van der Waals surface area contributed by atoms with Crippen LogP contribution in [0.4, 0.5) is 0 Å². The minimum Gasteiger partial charge on any atom is -0.508 e. The number of carbonyl (C=O) groups is 1. The summed E-state index contributed by atoms with van der Waals surface area (Å²) in [7, 11) is 1.54. The lowest BCUT2D eigenvalue weighted by molar-refractivity contribution is 0.0811. The van der Waals surface area contributed by atoms with Gasteiger partial charge in [-0.15, -0.1) is 0 Å². The average Bonchev–Trinajstić information content (AvgIpc) is 2.17. The lowest BCUT2D eigenvalue weighted by atomic mass is 10.2. The van der Waals surface area contributed by atoms with Crippen molar-refractivity contribution in [2.24, 2.45) is 0 Å². The molecule has 0 aliphatic heterocycles. The van der Waals surface area contributed by atoms with Crippen LogP contribution in [0.5, 0.6) is 5.75 Å². The van der Waals surface area contributed by atoms with E-state index >= 15 is 0 Å². The molecule has 0 bridgehead atoms. The summed E-state index contributed by atoms with van der Waals surface area (Å²) in [6.07, 6.45) is 0. The molecule has 0 aromatic heterocycles. The van der Waals surface area contributed by atoms with Gasteiger partial charge in [0, 0.05) is 12.6 Å². The molecule has 1 rings (SSSR count). The second-order valence-electron chi connectivity index (χ2n) is 2.87. The smallest absolute Gasteiger partial charge is 0.254 e. The molecule has 1 aromatic carbocycles. The molecule has 0 spiro atoms. The van der Waals surface area contributed by atoms with Crippen molar-refractivity contribution < 1.29 is 9.90 Å². The van der Waals surface area contributed by atoms with Crippen molar-refractivity contribution in [2.45, 2.75) is 0 Å². The Hall–Kier alpha value is -2.02. The van der Waals surface area contributed by atoms with Crippen molar-refractivity contribution >= 4 is 5.91 Å². The third kappa shape index (κ3) is 2.23. The fraction of sp³-hybridized carbons (Fsp3) is 0.200. The highest BCUT2D eigenvalue weighted by atomic mass is 16.3. The highest BCUT2D eigenvalue weighted by Gasteiger charge is 2.10. The molecule has 0 saturated heterocycles. The molecule has 0 unspecified atom stereocenters. The van der Waals surface area contributed by atoms with Gasteiger partial charge in [0.25, 0.3) is 5.91 Å². The number of phenolic OH excluding ortho intramolecular Hbond substituents is 1. The van der Waals surface area contributed by atoms with E-state index in [1.807, 2.05) is 6.07 Å². The standard InChI is InChI=1S/C10H10N2O2/c1-12(6-5-11)10(14)8-3-2-4-9(13)7-8/h2-4,7,13H,6H2,1H3. The first-order valence-corrected chi connectivity index (χ1v) is 4.06. The minimum atomic E-state index is -0.276. The number of benzene rings is 1. The first-order valence-electron chi connectivity index (χ1n) is 4.06. The Balaban J connectivity index is 2.85. The highest BCUT2D eigenvalue weighted by Crippen LogP contribution is 2.12. The number of phenols is 1. The molecule has 0 fully saturated rings. The molecule has 0 aliphatic rings. The van der Waals surface area contributed by atoms with Crippen molar-refractivity contribution in [3.05, 3.63) is 29.8 Å². The van der Waals surface area contributed by atoms with Crippen molar-refractivity contribution in [1.82, 2.24) is 4.90 Å². The molecular formula is C10H10N2O2. The molecular weight excluding hydrogens is 180 g/mol. The fourth-order valence-corrected chi connectivity index (χ4v) is 1.04. The maximum Gasteiger partial charge on any atom is 0.254 e. The van der Waals surface area contributed by atoms with Crippen LogP contribution >= 0.6 is 0 Å². The van der Waals surface area contributed by atoms with Crippen molar-refractivity contribution in [3.8, 4) is 11.8 Å². The lowest BCUT2D eigenvalue weighted by Crippen LogP contribution is -2.26. The maximum absolute atomic E-state index is 11.6. The van der Waals surface area contributed by atoms with E-state index in [1.54, 1.807) is 12.1 Å². The molecule has 1 amide bonds. The van der Waals surface area contributed by atoms with E-state index in [-0.39, 0.29) is 18.2 Å². The number of rotatable bonds is 2. The second-order valence-corrected chi connectivity index (χ2v) is 2.87. The molecule has 4 nitrogen and oxygen atoms in total. The summed E-state index contributed by atoms with van der Waals surface area (Å²) in [6.45, 7) is 0.0362. The molecule has 0 aliphatic carbocycles. The van der Waals surface area contributed by atoms with Crippen LogP contribution in [0.1, 0.15) is 10.4 Å². The molecule has 14 heavy (non-hydrogen) atoms.